The minimum atomic E-state index is -0.104. The SMILES string of the molecule is N#CN=NC(=S)Oc1ccncc1. The molecule has 1 rings (SSSR count). The van der Waals surface area contributed by atoms with E-state index >= 15 is 0 Å². The standard InChI is InChI=1S/C7H4N4OS/c8-5-10-11-7(13)12-6-1-3-9-4-2-6/h1-4H. The van der Waals surface area contributed by atoms with E-state index in [1.165, 1.54) is 6.19 Å². The number of azo groups is 1. The van der Waals surface area contributed by atoms with E-state index in [-0.39, 0.29) is 5.17 Å². The van der Waals surface area contributed by atoms with E-state index in [0.717, 1.165) is 0 Å². The summed E-state index contributed by atoms with van der Waals surface area (Å²) in [6.45, 7) is 0. The Bertz CT molecular complexity index is 357. The normalized spacial score (nSPS) is 9.46. The molecule has 0 aromatic carbocycles. The van der Waals surface area contributed by atoms with Gasteiger partial charge in [-0.1, -0.05) is 10.2 Å². The number of nitrogens with zero attached hydrogens (tertiary/aromatic N) is 4. The maximum absolute atomic E-state index is 8.05. The first-order valence-corrected chi connectivity index (χ1v) is 3.65. The van der Waals surface area contributed by atoms with Crippen LogP contribution in [0.4, 0.5) is 0 Å². The van der Waals surface area contributed by atoms with Gasteiger partial charge in [-0.3, -0.25) is 4.98 Å². The van der Waals surface area contributed by atoms with E-state index < -0.39 is 0 Å². The molecule has 0 aliphatic carbocycles. The Hall–Kier alpha value is -1.87. The molecule has 6 heteroatoms. The van der Waals surface area contributed by atoms with Crippen LogP contribution in [0, 0.1) is 11.5 Å². The van der Waals surface area contributed by atoms with Crippen LogP contribution >= 0.6 is 12.2 Å². The Morgan fingerprint density at radius 1 is 1.54 bits per heavy atom. The van der Waals surface area contributed by atoms with Gasteiger partial charge >= 0.3 is 5.17 Å². The summed E-state index contributed by atoms with van der Waals surface area (Å²) in [4.78, 5) is 3.79. The fourth-order valence-corrected chi connectivity index (χ4v) is 0.728. The van der Waals surface area contributed by atoms with Crippen LogP contribution in [-0.2, 0) is 0 Å². The van der Waals surface area contributed by atoms with E-state index in [0.29, 0.717) is 5.75 Å². The summed E-state index contributed by atoms with van der Waals surface area (Å²) in [5, 5.41) is 14.2. The Kier molecular flexibility index (Phi) is 3.47. The van der Waals surface area contributed by atoms with Gasteiger partial charge < -0.3 is 4.74 Å². The highest BCUT2D eigenvalue weighted by molar-refractivity contribution is 7.80. The van der Waals surface area contributed by atoms with Crippen molar-refractivity contribution in [2.24, 2.45) is 10.2 Å². The Labute approximate surface area is 79.7 Å². The molecular formula is C7H4N4OS. The Morgan fingerprint density at radius 2 is 2.23 bits per heavy atom. The minimum Gasteiger partial charge on any atom is -0.429 e. The Balaban J connectivity index is 2.57. The molecule has 0 spiro atoms. The molecule has 1 heterocycles. The van der Waals surface area contributed by atoms with Crippen LogP contribution in [0.2, 0.25) is 0 Å². The highest BCUT2D eigenvalue weighted by Crippen LogP contribution is 2.07. The average molecular weight is 192 g/mol. The zero-order valence-electron chi connectivity index (χ0n) is 6.41. The lowest BCUT2D eigenvalue weighted by Crippen LogP contribution is -2.00. The topological polar surface area (TPSA) is 70.6 Å². The van der Waals surface area contributed by atoms with Crippen molar-refractivity contribution in [1.29, 1.82) is 5.26 Å². The zero-order chi connectivity index (χ0) is 9.52. The highest BCUT2D eigenvalue weighted by Gasteiger charge is 1.96. The molecule has 0 saturated carbocycles. The number of aromatic nitrogens is 1. The van der Waals surface area contributed by atoms with Crippen LogP contribution in [0.25, 0.3) is 0 Å². The van der Waals surface area contributed by atoms with Gasteiger partial charge in [0.1, 0.15) is 5.75 Å². The summed E-state index contributed by atoms with van der Waals surface area (Å²) in [5.41, 5.74) is 0. The summed E-state index contributed by atoms with van der Waals surface area (Å²) < 4.78 is 5.00. The van der Waals surface area contributed by atoms with Gasteiger partial charge in [-0.05, 0) is 24.4 Å². The molecule has 0 amide bonds. The molecule has 0 bridgehead atoms. The zero-order valence-corrected chi connectivity index (χ0v) is 7.23. The predicted octanol–water partition coefficient (Wildman–Crippen LogP) is 1.68. The third kappa shape index (κ3) is 3.35. The first kappa shape index (κ1) is 9.22. The fraction of sp³-hybridized carbons (Fsp3) is 0. The summed E-state index contributed by atoms with van der Waals surface area (Å²) in [6, 6.07) is 3.24. The van der Waals surface area contributed by atoms with Gasteiger partial charge in [0.05, 0.1) is 0 Å². The monoisotopic (exact) mass is 192 g/mol. The molecular weight excluding hydrogens is 188 g/mol. The second-order valence-electron chi connectivity index (χ2n) is 1.85. The lowest BCUT2D eigenvalue weighted by Gasteiger charge is -1.98. The van der Waals surface area contributed by atoms with Crippen LogP contribution in [0.3, 0.4) is 0 Å². The largest absolute Gasteiger partial charge is 0.429 e. The van der Waals surface area contributed by atoms with Crippen molar-refractivity contribution in [2.45, 2.75) is 0 Å². The molecule has 0 N–H and O–H groups in total. The van der Waals surface area contributed by atoms with Crippen LogP contribution in [0.5, 0.6) is 5.75 Å². The number of nitriles is 1. The summed E-state index contributed by atoms with van der Waals surface area (Å²) in [7, 11) is 0. The van der Waals surface area contributed by atoms with Gasteiger partial charge in [0.25, 0.3) is 0 Å². The number of hydrogen-bond donors (Lipinski definition) is 0. The van der Waals surface area contributed by atoms with Crippen molar-refractivity contribution in [1.82, 2.24) is 4.98 Å². The van der Waals surface area contributed by atoms with Gasteiger partial charge in [-0.2, -0.15) is 5.26 Å². The molecule has 0 radical (unpaired) electrons. The second-order valence-corrected chi connectivity index (χ2v) is 2.20. The number of ether oxygens (including phenoxy) is 1. The van der Waals surface area contributed by atoms with Gasteiger partial charge in [0.15, 0.2) is 0 Å². The second kappa shape index (κ2) is 4.90. The maximum atomic E-state index is 8.05. The van der Waals surface area contributed by atoms with E-state index in [4.69, 9.17) is 10.00 Å². The molecule has 5 nitrogen and oxygen atoms in total. The van der Waals surface area contributed by atoms with Gasteiger partial charge in [-0.25, -0.2) is 0 Å². The third-order valence-electron chi connectivity index (χ3n) is 1.03. The fourth-order valence-electron chi connectivity index (χ4n) is 0.591. The summed E-state index contributed by atoms with van der Waals surface area (Å²) in [6.07, 6.45) is 4.57. The summed E-state index contributed by atoms with van der Waals surface area (Å²) in [5.74, 6) is 0.511. The number of rotatable bonds is 1. The van der Waals surface area contributed by atoms with Crippen LogP contribution < -0.4 is 4.74 Å². The van der Waals surface area contributed by atoms with Crippen molar-refractivity contribution in [2.75, 3.05) is 0 Å². The molecule has 0 aliphatic heterocycles. The van der Waals surface area contributed by atoms with Crippen molar-refractivity contribution in [3.8, 4) is 11.9 Å². The molecule has 0 aliphatic rings. The van der Waals surface area contributed by atoms with E-state index in [1.807, 2.05) is 0 Å². The highest BCUT2D eigenvalue weighted by atomic mass is 32.1. The van der Waals surface area contributed by atoms with Crippen LogP contribution in [0.1, 0.15) is 0 Å². The minimum absolute atomic E-state index is 0.104. The smallest absolute Gasteiger partial charge is 0.308 e. The average Bonchev–Trinajstić information content (AvgIpc) is 2.16. The van der Waals surface area contributed by atoms with Crippen molar-refractivity contribution in [3.63, 3.8) is 0 Å². The van der Waals surface area contributed by atoms with Crippen LogP contribution in [0.15, 0.2) is 34.8 Å². The van der Waals surface area contributed by atoms with Crippen molar-refractivity contribution < 1.29 is 4.74 Å². The molecule has 13 heavy (non-hydrogen) atoms. The van der Waals surface area contributed by atoms with E-state index in [9.17, 15) is 0 Å². The molecule has 1 aromatic heterocycles. The molecule has 1 aromatic rings. The number of thiocarbonyl (C=S) groups is 1. The molecule has 64 valence electrons. The summed E-state index contributed by atoms with van der Waals surface area (Å²) >= 11 is 4.65. The Morgan fingerprint density at radius 3 is 2.85 bits per heavy atom. The molecule has 0 atom stereocenters. The first-order valence-electron chi connectivity index (χ1n) is 3.24. The van der Waals surface area contributed by atoms with Gasteiger partial charge in [-0.15, -0.1) is 0 Å². The van der Waals surface area contributed by atoms with Crippen molar-refractivity contribution >= 4 is 17.4 Å². The third-order valence-corrected chi connectivity index (χ3v) is 1.20. The predicted molar refractivity (Wildman–Crippen MR) is 47.9 cm³/mol. The number of hydrogen-bond acceptors (Lipinski definition) is 5. The van der Waals surface area contributed by atoms with Gasteiger partial charge in [0.2, 0.25) is 6.19 Å². The lowest BCUT2D eigenvalue weighted by molar-refractivity contribution is 0.553. The van der Waals surface area contributed by atoms with E-state index in [1.54, 1.807) is 24.5 Å². The molecule has 0 saturated heterocycles. The van der Waals surface area contributed by atoms with Crippen LogP contribution in [-0.4, -0.2) is 10.2 Å². The maximum Gasteiger partial charge on any atom is 0.308 e. The number of pyridine rings is 1. The quantitative estimate of drug-likeness (QED) is 0.385. The van der Waals surface area contributed by atoms with Gasteiger partial charge in [0, 0.05) is 12.4 Å². The van der Waals surface area contributed by atoms with Crippen molar-refractivity contribution in [3.05, 3.63) is 24.5 Å². The molecule has 0 unspecified atom stereocenters. The first-order chi connectivity index (χ1) is 6.33. The van der Waals surface area contributed by atoms with E-state index in [2.05, 4.69) is 27.4 Å². The lowest BCUT2D eigenvalue weighted by atomic mass is 10.5. The molecule has 0 fully saturated rings.